The van der Waals surface area contributed by atoms with Crippen LogP contribution in [0.25, 0.3) is 0 Å². The Bertz CT molecular complexity index is 444. The molecule has 1 aliphatic rings. The van der Waals surface area contributed by atoms with Crippen molar-refractivity contribution in [2.24, 2.45) is 0 Å². The minimum atomic E-state index is -0.309. The highest BCUT2D eigenvalue weighted by Gasteiger charge is 2.18. The van der Waals surface area contributed by atoms with E-state index in [4.69, 9.17) is 16.3 Å². The van der Waals surface area contributed by atoms with E-state index in [0.717, 1.165) is 23.4 Å². The zero-order chi connectivity index (χ0) is 14.4. The predicted molar refractivity (Wildman–Crippen MR) is 81.1 cm³/mol. The summed E-state index contributed by atoms with van der Waals surface area (Å²) in [7, 11) is 0. The molecule has 1 unspecified atom stereocenters. The molecule has 1 aromatic carbocycles. The fourth-order valence-corrected chi connectivity index (χ4v) is 2.86. The van der Waals surface area contributed by atoms with Crippen molar-refractivity contribution in [3.8, 4) is 0 Å². The number of amides is 1. The lowest BCUT2D eigenvalue weighted by Gasteiger charge is -2.23. The van der Waals surface area contributed by atoms with Gasteiger partial charge in [0.1, 0.15) is 6.10 Å². The molecule has 0 spiro atoms. The molecule has 1 aromatic rings. The number of carbonyl (C=O) groups excluding carboxylic acids is 1. The van der Waals surface area contributed by atoms with Gasteiger partial charge in [0, 0.05) is 17.5 Å². The first-order chi connectivity index (χ1) is 9.65. The zero-order valence-electron chi connectivity index (χ0n) is 11.9. The van der Waals surface area contributed by atoms with Crippen molar-refractivity contribution in [1.29, 1.82) is 0 Å². The van der Waals surface area contributed by atoms with Gasteiger partial charge in [-0.15, -0.1) is 0 Å². The van der Waals surface area contributed by atoms with Crippen molar-refractivity contribution >= 4 is 17.7 Å². The normalized spacial score (nSPS) is 17.5. The van der Waals surface area contributed by atoms with E-state index in [-0.39, 0.29) is 18.2 Å². The van der Waals surface area contributed by atoms with E-state index in [1.165, 1.54) is 19.3 Å². The standard InChI is InChI=1S/C16H22ClNO2/c1-12(11-13-7-5-6-10-15(13)17)20-16(19)18-14-8-3-2-4-9-14/h5-7,10,12,14H,2-4,8-9,11H2,1H3,(H,18,19). The van der Waals surface area contributed by atoms with E-state index in [9.17, 15) is 4.79 Å². The van der Waals surface area contributed by atoms with Gasteiger partial charge in [-0.1, -0.05) is 49.1 Å². The fraction of sp³-hybridized carbons (Fsp3) is 0.562. The van der Waals surface area contributed by atoms with Crippen LogP contribution in [0.1, 0.15) is 44.6 Å². The molecule has 1 atom stereocenters. The average molecular weight is 296 g/mol. The Balaban J connectivity index is 1.77. The van der Waals surface area contributed by atoms with Crippen molar-refractivity contribution < 1.29 is 9.53 Å². The Kier molecular flexibility index (Phi) is 5.72. The molecule has 20 heavy (non-hydrogen) atoms. The lowest BCUT2D eigenvalue weighted by atomic mass is 9.96. The second-order valence-electron chi connectivity index (χ2n) is 5.49. The second-order valence-corrected chi connectivity index (χ2v) is 5.90. The largest absolute Gasteiger partial charge is 0.446 e. The molecule has 110 valence electrons. The van der Waals surface area contributed by atoms with Crippen LogP contribution in [0.5, 0.6) is 0 Å². The van der Waals surface area contributed by atoms with Gasteiger partial charge < -0.3 is 10.1 Å². The van der Waals surface area contributed by atoms with Gasteiger partial charge in [-0.2, -0.15) is 0 Å². The number of rotatable bonds is 4. The first-order valence-electron chi connectivity index (χ1n) is 7.35. The van der Waals surface area contributed by atoms with E-state index >= 15 is 0 Å². The minimum Gasteiger partial charge on any atom is -0.446 e. The molecule has 0 aliphatic heterocycles. The molecule has 1 aliphatic carbocycles. The molecule has 0 saturated heterocycles. The number of halogens is 1. The van der Waals surface area contributed by atoms with Crippen LogP contribution in [0, 0.1) is 0 Å². The SMILES string of the molecule is CC(Cc1ccccc1Cl)OC(=O)NC1CCCCC1. The van der Waals surface area contributed by atoms with Crippen LogP contribution < -0.4 is 5.32 Å². The summed E-state index contributed by atoms with van der Waals surface area (Å²) in [5.41, 5.74) is 1.01. The molecule has 0 heterocycles. The van der Waals surface area contributed by atoms with Gasteiger partial charge in [0.05, 0.1) is 0 Å². The topological polar surface area (TPSA) is 38.3 Å². The fourth-order valence-electron chi connectivity index (χ4n) is 2.65. The molecule has 1 N–H and O–H groups in total. The highest BCUT2D eigenvalue weighted by molar-refractivity contribution is 6.31. The van der Waals surface area contributed by atoms with Gasteiger partial charge in [0.25, 0.3) is 0 Å². The molecule has 4 heteroatoms. The lowest BCUT2D eigenvalue weighted by Crippen LogP contribution is -2.38. The Labute approximate surface area is 125 Å². The monoisotopic (exact) mass is 295 g/mol. The maximum atomic E-state index is 11.8. The molecule has 1 fully saturated rings. The minimum absolute atomic E-state index is 0.182. The molecule has 0 radical (unpaired) electrons. The van der Waals surface area contributed by atoms with Crippen molar-refractivity contribution in [3.63, 3.8) is 0 Å². The lowest BCUT2D eigenvalue weighted by molar-refractivity contribution is 0.102. The average Bonchev–Trinajstić information content (AvgIpc) is 2.42. The summed E-state index contributed by atoms with van der Waals surface area (Å²) in [6, 6.07) is 7.93. The van der Waals surface area contributed by atoms with Crippen molar-refractivity contribution in [2.75, 3.05) is 0 Å². The quantitative estimate of drug-likeness (QED) is 0.898. The number of alkyl carbamates (subject to hydrolysis) is 1. The van der Waals surface area contributed by atoms with Crippen LogP contribution in [-0.4, -0.2) is 18.2 Å². The molecule has 3 nitrogen and oxygen atoms in total. The Morgan fingerprint density at radius 2 is 2.05 bits per heavy atom. The summed E-state index contributed by atoms with van der Waals surface area (Å²) >= 11 is 6.10. The van der Waals surface area contributed by atoms with Gasteiger partial charge >= 0.3 is 6.09 Å². The van der Waals surface area contributed by atoms with Gasteiger partial charge in [0.2, 0.25) is 0 Å². The van der Waals surface area contributed by atoms with Crippen molar-refractivity contribution in [3.05, 3.63) is 34.9 Å². The zero-order valence-corrected chi connectivity index (χ0v) is 12.7. The molecule has 0 aromatic heterocycles. The molecular weight excluding hydrogens is 274 g/mol. The van der Waals surface area contributed by atoms with E-state index in [2.05, 4.69) is 5.32 Å². The van der Waals surface area contributed by atoms with E-state index in [0.29, 0.717) is 6.42 Å². The first-order valence-corrected chi connectivity index (χ1v) is 7.73. The van der Waals surface area contributed by atoms with Crippen LogP contribution in [0.15, 0.2) is 24.3 Å². The number of benzene rings is 1. The smallest absolute Gasteiger partial charge is 0.407 e. The van der Waals surface area contributed by atoms with Gasteiger partial charge in [0.15, 0.2) is 0 Å². The van der Waals surface area contributed by atoms with Crippen molar-refractivity contribution in [1.82, 2.24) is 5.32 Å². The number of hydrogen-bond donors (Lipinski definition) is 1. The van der Waals surface area contributed by atoms with E-state index in [1.54, 1.807) is 0 Å². The van der Waals surface area contributed by atoms with E-state index in [1.807, 2.05) is 31.2 Å². The summed E-state index contributed by atoms with van der Waals surface area (Å²) < 4.78 is 5.40. The summed E-state index contributed by atoms with van der Waals surface area (Å²) in [6.45, 7) is 1.89. The van der Waals surface area contributed by atoms with Gasteiger partial charge in [-0.3, -0.25) is 0 Å². The van der Waals surface area contributed by atoms with Crippen LogP contribution in [0.4, 0.5) is 4.79 Å². The predicted octanol–water partition coefficient (Wildman–Crippen LogP) is 4.33. The maximum absolute atomic E-state index is 11.8. The molecular formula is C16H22ClNO2. The van der Waals surface area contributed by atoms with Gasteiger partial charge in [-0.25, -0.2) is 4.79 Å². The maximum Gasteiger partial charge on any atom is 0.407 e. The van der Waals surface area contributed by atoms with E-state index < -0.39 is 0 Å². The molecule has 1 saturated carbocycles. The third-order valence-corrected chi connectivity index (χ3v) is 4.07. The summed E-state index contributed by atoms with van der Waals surface area (Å²) in [5, 5.41) is 3.67. The third kappa shape index (κ3) is 4.71. The van der Waals surface area contributed by atoms with Crippen LogP contribution in [0.3, 0.4) is 0 Å². The van der Waals surface area contributed by atoms with Crippen molar-refractivity contribution in [2.45, 2.75) is 57.6 Å². The second kappa shape index (κ2) is 7.53. The highest BCUT2D eigenvalue weighted by Crippen LogP contribution is 2.19. The number of carbonyl (C=O) groups is 1. The summed E-state index contributed by atoms with van der Waals surface area (Å²) in [6.07, 6.45) is 5.94. The van der Waals surface area contributed by atoms with Crippen LogP contribution >= 0.6 is 11.6 Å². The molecule has 2 rings (SSSR count). The molecule has 1 amide bonds. The summed E-state index contributed by atoms with van der Waals surface area (Å²) in [5.74, 6) is 0. The highest BCUT2D eigenvalue weighted by atomic mass is 35.5. The third-order valence-electron chi connectivity index (χ3n) is 3.70. The molecule has 0 bridgehead atoms. The number of nitrogens with one attached hydrogen (secondary N) is 1. The number of hydrogen-bond acceptors (Lipinski definition) is 2. The number of ether oxygens (including phenoxy) is 1. The Hall–Kier alpha value is -1.22. The van der Waals surface area contributed by atoms with Crippen LogP contribution in [0.2, 0.25) is 5.02 Å². The summed E-state index contributed by atoms with van der Waals surface area (Å²) in [4.78, 5) is 11.8. The Morgan fingerprint density at radius 1 is 1.35 bits per heavy atom. The first kappa shape index (κ1) is 15.2. The van der Waals surface area contributed by atoms with Gasteiger partial charge in [-0.05, 0) is 31.4 Å². The Morgan fingerprint density at radius 3 is 2.75 bits per heavy atom. The van der Waals surface area contributed by atoms with Crippen LogP contribution in [-0.2, 0) is 11.2 Å².